The number of hydrogen-bond donors (Lipinski definition) is 2. The van der Waals surface area contributed by atoms with E-state index in [0.29, 0.717) is 6.54 Å². The molecule has 1 aliphatic carbocycles. The Labute approximate surface area is 170 Å². The van der Waals surface area contributed by atoms with Crippen LogP contribution in [-0.2, 0) is 17.8 Å². The van der Waals surface area contributed by atoms with Crippen molar-refractivity contribution in [3.8, 4) is 0 Å². The van der Waals surface area contributed by atoms with Gasteiger partial charge in [-0.15, -0.1) is 0 Å². The van der Waals surface area contributed by atoms with Crippen LogP contribution in [0.15, 0.2) is 48.5 Å². The Bertz CT molecular complexity index is 757. The highest BCUT2D eigenvalue weighted by atomic mass is 19.1. The van der Waals surface area contributed by atoms with Gasteiger partial charge in [-0.2, -0.15) is 0 Å². The molecular formula is C23H28F2N2O2. The second kappa shape index (κ2) is 10.9. The molecule has 0 bridgehead atoms. The van der Waals surface area contributed by atoms with E-state index in [9.17, 15) is 13.6 Å². The van der Waals surface area contributed by atoms with Gasteiger partial charge in [-0.25, -0.2) is 13.6 Å². The zero-order chi connectivity index (χ0) is 20.5. The van der Waals surface area contributed by atoms with Crippen LogP contribution in [0.3, 0.4) is 0 Å². The molecule has 0 atom stereocenters. The van der Waals surface area contributed by atoms with E-state index in [-0.39, 0.29) is 30.3 Å². The highest BCUT2D eigenvalue weighted by molar-refractivity contribution is 5.74. The Hall–Kier alpha value is -2.47. The third kappa shape index (κ3) is 6.82. The minimum atomic E-state index is -0.579. The van der Waals surface area contributed by atoms with Gasteiger partial charge < -0.3 is 15.4 Å². The van der Waals surface area contributed by atoms with Crippen LogP contribution in [0.4, 0.5) is 13.6 Å². The molecule has 0 aliphatic heterocycles. The molecule has 0 aromatic heterocycles. The van der Waals surface area contributed by atoms with Crippen LogP contribution in [0, 0.1) is 11.6 Å². The van der Waals surface area contributed by atoms with Crippen molar-refractivity contribution in [2.24, 2.45) is 0 Å². The molecule has 2 aromatic carbocycles. The van der Waals surface area contributed by atoms with Crippen molar-refractivity contribution in [3.63, 3.8) is 0 Å². The van der Waals surface area contributed by atoms with Gasteiger partial charge in [0.25, 0.3) is 0 Å². The van der Waals surface area contributed by atoms with E-state index in [1.165, 1.54) is 23.8 Å². The van der Waals surface area contributed by atoms with E-state index in [2.05, 4.69) is 22.8 Å². The quantitative estimate of drug-likeness (QED) is 0.628. The molecule has 4 nitrogen and oxygen atoms in total. The zero-order valence-corrected chi connectivity index (χ0v) is 16.5. The second-order valence-corrected chi connectivity index (χ2v) is 7.47. The maximum absolute atomic E-state index is 13.7. The monoisotopic (exact) mass is 402 g/mol. The van der Waals surface area contributed by atoms with Gasteiger partial charge in [0.05, 0.1) is 12.7 Å². The van der Waals surface area contributed by atoms with E-state index >= 15 is 0 Å². The number of aryl methyl sites for hydroxylation is 1. The van der Waals surface area contributed by atoms with E-state index in [1.54, 1.807) is 0 Å². The molecule has 1 aliphatic rings. The van der Waals surface area contributed by atoms with Gasteiger partial charge in [-0.3, -0.25) is 0 Å². The number of urea groups is 1. The number of halogens is 2. The fourth-order valence-corrected chi connectivity index (χ4v) is 3.62. The predicted molar refractivity (Wildman–Crippen MR) is 108 cm³/mol. The molecule has 0 spiro atoms. The Morgan fingerprint density at radius 2 is 1.66 bits per heavy atom. The van der Waals surface area contributed by atoms with Gasteiger partial charge in [0.2, 0.25) is 0 Å². The lowest BCUT2D eigenvalue weighted by molar-refractivity contribution is 0.00953. The van der Waals surface area contributed by atoms with Crippen molar-refractivity contribution >= 4 is 6.03 Å². The number of hydrogen-bond acceptors (Lipinski definition) is 2. The van der Waals surface area contributed by atoms with E-state index < -0.39 is 11.6 Å². The standard InChI is InChI=1S/C23H28F2N2O2/c24-21-9-4-10-22(25)20(21)16-29-19-13-11-18(12-14-19)27-23(28)26-15-5-8-17-6-2-1-3-7-17/h1-4,6-7,9-10,18-19H,5,8,11-16H2,(H2,26,27,28)/t18-,19-. The normalized spacial score (nSPS) is 19.0. The molecule has 1 fully saturated rings. The lowest BCUT2D eigenvalue weighted by Gasteiger charge is -2.29. The van der Waals surface area contributed by atoms with Gasteiger partial charge in [0.1, 0.15) is 11.6 Å². The molecular weight excluding hydrogens is 374 g/mol. The third-order valence-corrected chi connectivity index (χ3v) is 5.31. The number of rotatable bonds is 8. The van der Waals surface area contributed by atoms with Crippen molar-refractivity contribution in [1.29, 1.82) is 0 Å². The minimum Gasteiger partial charge on any atom is -0.373 e. The summed E-state index contributed by atoms with van der Waals surface area (Å²) in [5.74, 6) is -1.16. The smallest absolute Gasteiger partial charge is 0.315 e. The predicted octanol–water partition coefficient (Wildman–Crippen LogP) is 4.72. The van der Waals surface area contributed by atoms with Crippen LogP contribution in [-0.4, -0.2) is 24.7 Å². The van der Waals surface area contributed by atoms with Crippen molar-refractivity contribution in [2.75, 3.05) is 6.54 Å². The second-order valence-electron chi connectivity index (χ2n) is 7.47. The lowest BCUT2D eigenvalue weighted by atomic mass is 9.93. The first-order valence-corrected chi connectivity index (χ1v) is 10.2. The molecule has 3 rings (SSSR count). The average molecular weight is 402 g/mol. The highest BCUT2D eigenvalue weighted by Crippen LogP contribution is 2.23. The number of benzene rings is 2. The first-order chi connectivity index (χ1) is 14.1. The zero-order valence-electron chi connectivity index (χ0n) is 16.5. The molecule has 6 heteroatoms. The van der Waals surface area contributed by atoms with Crippen LogP contribution >= 0.6 is 0 Å². The SMILES string of the molecule is O=C(NCCCc1ccccc1)N[C@H]1CC[C@H](OCc2c(F)cccc2F)CC1. The summed E-state index contributed by atoms with van der Waals surface area (Å²) in [5.41, 5.74) is 1.24. The molecule has 2 N–H and O–H groups in total. The molecule has 0 unspecified atom stereocenters. The minimum absolute atomic E-state index is 0.0253. The van der Waals surface area contributed by atoms with Crippen molar-refractivity contribution in [1.82, 2.24) is 10.6 Å². The molecule has 2 amide bonds. The van der Waals surface area contributed by atoms with Crippen LogP contribution < -0.4 is 10.6 Å². The number of amides is 2. The molecule has 0 heterocycles. The summed E-state index contributed by atoms with van der Waals surface area (Å²) in [4.78, 5) is 12.1. The maximum atomic E-state index is 13.7. The van der Waals surface area contributed by atoms with Gasteiger partial charge >= 0.3 is 6.03 Å². The largest absolute Gasteiger partial charge is 0.373 e. The molecule has 156 valence electrons. The fraction of sp³-hybridized carbons (Fsp3) is 0.435. The van der Waals surface area contributed by atoms with E-state index in [0.717, 1.165) is 38.5 Å². The van der Waals surface area contributed by atoms with Gasteiger partial charge in [0, 0.05) is 18.2 Å². The fourth-order valence-electron chi connectivity index (χ4n) is 3.62. The summed E-state index contributed by atoms with van der Waals surface area (Å²) in [6, 6.07) is 14.0. The van der Waals surface area contributed by atoms with Gasteiger partial charge in [-0.05, 0) is 56.2 Å². The average Bonchev–Trinajstić information content (AvgIpc) is 2.73. The van der Waals surface area contributed by atoms with Crippen LogP contribution in [0.2, 0.25) is 0 Å². The molecule has 0 radical (unpaired) electrons. The molecule has 1 saturated carbocycles. The third-order valence-electron chi connectivity index (χ3n) is 5.31. The highest BCUT2D eigenvalue weighted by Gasteiger charge is 2.23. The summed E-state index contributed by atoms with van der Waals surface area (Å²) in [5, 5.41) is 5.91. The lowest BCUT2D eigenvalue weighted by Crippen LogP contribution is -2.44. The number of carbonyl (C=O) groups is 1. The summed E-state index contributed by atoms with van der Waals surface area (Å²) in [6.45, 7) is 0.566. The Kier molecular flexibility index (Phi) is 7.99. The first kappa shape index (κ1) is 21.2. The Morgan fingerprint density at radius 3 is 2.34 bits per heavy atom. The van der Waals surface area contributed by atoms with Crippen molar-refractivity contribution < 1.29 is 18.3 Å². The molecule has 2 aromatic rings. The van der Waals surface area contributed by atoms with E-state index in [4.69, 9.17) is 4.74 Å². The number of ether oxygens (including phenoxy) is 1. The van der Waals surface area contributed by atoms with Crippen LogP contribution in [0.5, 0.6) is 0 Å². The van der Waals surface area contributed by atoms with Gasteiger partial charge in [-0.1, -0.05) is 36.4 Å². The molecule has 29 heavy (non-hydrogen) atoms. The summed E-state index contributed by atoms with van der Waals surface area (Å²) >= 11 is 0. The first-order valence-electron chi connectivity index (χ1n) is 10.2. The molecule has 0 saturated heterocycles. The summed E-state index contributed by atoms with van der Waals surface area (Å²) in [6.07, 6.45) is 4.89. The topological polar surface area (TPSA) is 50.4 Å². The number of nitrogens with one attached hydrogen (secondary N) is 2. The van der Waals surface area contributed by atoms with Crippen LogP contribution in [0.25, 0.3) is 0 Å². The van der Waals surface area contributed by atoms with Crippen molar-refractivity contribution in [3.05, 3.63) is 71.3 Å². The number of carbonyl (C=O) groups excluding carboxylic acids is 1. The Morgan fingerprint density at radius 1 is 0.966 bits per heavy atom. The maximum Gasteiger partial charge on any atom is 0.315 e. The Balaban J connectivity index is 1.29. The summed E-state index contributed by atoms with van der Waals surface area (Å²) < 4.78 is 33.0. The van der Waals surface area contributed by atoms with E-state index in [1.807, 2.05) is 18.2 Å². The van der Waals surface area contributed by atoms with Crippen molar-refractivity contribution in [2.45, 2.75) is 57.3 Å². The van der Waals surface area contributed by atoms with Gasteiger partial charge in [0.15, 0.2) is 0 Å². The summed E-state index contributed by atoms with van der Waals surface area (Å²) in [7, 11) is 0. The van der Waals surface area contributed by atoms with Crippen LogP contribution in [0.1, 0.15) is 43.2 Å².